The smallest absolute Gasteiger partial charge is 0.0107 e. The Hall–Kier alpha value is -0.820. The molecule has 21 heavy (non-hydrogen) atoms. The third kappa shape index (κ3) is 4.10. The fourth-order valence-electron chi connectivity index (χ4n) is 4.09. The van der Waals surface area contributed by atoms with Crippen molar-refractivity contribution in [2.45, 2.75) is 77.2 Å². The second kappa shape index (κ2) is 6.52. The molecule has 1 saturated carbocycles. The molecule has 1 aliphatic carbocycles. The second-order valence-corrected chi connectivity index (χ2v) is 8.03. The van der Waals surface area contributed by atoms with E-state index in [4.69, 9.17) is 0 Å². The zero-order valence-electron chi connectivity index (χ0n) is 13.8. The standard InChI is InChI=1S/C20H31N/c1-20(2)11-9-17(10-12-20)18-7-5-6-16(14-18)15-19-8-3-4-13-21-19/h5-7,14,17,19,21H,3-4,8-13,15H2,1-2H3. The molecule has 1 atom stereocenters. The number of hydrogen-bond acceptors (Lipinski definition) is 1. The highest BCUT2D eigenvalue weighted by atomic mass is 14.9. The van der Waals surface area contributed by atoms with Gasteiger partial charge in [0, 0.05) is 6.04 Å². The largest absolute Gasteiger partial charge is 0.314 e. The van der Waals surface area contributed by atoms with Crippen LogP contribution in [0.25, 0.3) is 0 Å². The Bertz CT molecular complexity index is 447. The highest BCUT2D eigenvalue weighted by molar-refractivity contribution is 5.27. The zero-order valence-corrected chi connectivity index (χ0v) is 13.8. The van der Waals surface area contributed by atoms with Crippen LogP contribution in [0.2, 0.25) is 0 Å². The molecule has 1 aliphatic heterocycles. The molecule has 1 aromatic rings. The van der Waals surface area contributed by atoms with Gasteiger partial charge in [0.05, 0.1) is 0 Å². The summed E-state index contributed by atoms with van der Waals surface area (Å²) in [6.07, 6.45) is 10.8. The quantitative estimate of drug-likeness (QED) is 0.819. The van der Waals surface area contributed by atoms with Crippen LogP contribution in [-0.4, -0.2) is 12.6 Å². The van der Waals surface area contributed by atoms with Crippen molar-refractivity contribution in [3.8, 4) is 0 Å². The number of benzene rings is 1. The van der Waals surface area contributed by atoms with Crippen LogP contribution < -0.4 is 5.32 Å². The van der Waals surface area contributed by atoms with Gasteiger partial charge in [0.25, 0.3) is 0 Å². The molecule has 3 rings (SSSR count). The molecule has 1 heteroatoms. The molecule has 1 heterocycles. The van der Waals surface area contributed by atoms with E-state index in [-0.39, 0.29) is 0 Å². The van der Waals surface area contributed by atoms with Crippen molar-refractivity contribution in [2.75, 3.05) is 6.54 Å². The second-order valence-electron chi connectivity index (χ2n) is 8.03. The Morgan fingerprint density at radius 1 is 1.10 bits per heavy atom. The molecule has 1 unspecified atom stereocenters. The molecule has 0 aromatic heterocycles. The van der Waals surface area contributed by atoms with E-state index in [1.54, 1.807) is 5.56 Å². The molecule has 0 spiro atoms. The average molecular weight is 285 g/mol. The molecular formula is C20H31N. The van der Waals surface area contributed by atoms with Gasteiger partial charge in [-0.3, -0.25) is 0 Å². The van der Waals surface area contributed by atoms with Crippen molar-refractivity contribution >= 4 is 0 Å². The summed E-state index contributed by atoms with van der Waals surface area (Å²) in [5, 5.41) is 3.68. The van der Waals surface area contributed by atoms with Crippen molar-refractivity contribution in [1.82, 2.24) is 5.32 Å². The van der Waals surface area contributed by atoms with E-state index >= 15 is 0 Å². The fraction of sp³-hybridized carbons (Fsp3) is 0.700. The van der Waals surface area contributed by atoms with Crippen LogP contribution in [-0.2, 0) is 6.42 Å². The van der Waals surface area contributed by atoms with Gasteiger partial charge < -0.3 is 5.32 Å². The van der Waals surface area contributed by atoms with E-state index in [9.17, 15) is 0 Å². The van der Waals surface area contributed by atoms with Crippen molar-refractivity contribution in [3.63, 3.8) is 0 Å². The molecule has 2 aliphatic rings. The Balaban J connectivity index is 1.63. The van der Waals surface area contributed by atoms with Crippen molar-refractivity contribution < 1.29 is 0 Å². The summed E-state index contributed by atoms with van der Waals surface area (Å²) >= 11 is 0. The Kier molecular flexibility index (Phi) is 4.69. The van der Waals surface area contributed by atoms with Crippen LogP contribution in [0.5, 0.6) is 0 Å². The Morgan fingerprint density at radius 3 is 2.62 bits per heavy atom. The van der Waals surface area contributed by atoms with Crippen LogP contribution >= 0.6 is 0 Å². The first-order valence-electron chi connectivity index (χ1n) is 8.95. The summed E-state index contributed by atoms with van der Waals surface area (Å²) < 4.78 is 0. The van der Waals surface area contributed by atoms with Crippen LogP contribution in [0.15, 0.2) is 24.3 Å². The van der Waals surface area contributed by atoms with Crippen molar-refractivity contribution in [3.05, 3.63) is 35.4 Å². The van der Waals surface area contributed by atoms with Gasteiger partial charge in [0.1, 0.15) is 0 Å². The Morgan fingerprint density at radius 2 is 1.90 bits per heavy atom. The average Bonchev–Trinajstić information content (AvgIpc) is 2.48. The van der Waals surface area contributed by atoms with Gasteiger partial charge in [-0.25, -0.2) is 0 Å². The maximum atomic E-state index is 3.68. The van der Waals surface area contributed by atoms with Crippen molar-refractivity contribution in [2.24, 2.45) is 5.41 Å². The third-order valence-electron chi connectivity index (χ3n) is 5.66. The predicted molar refractivity (Wildman–Crippen MR) is 90.8 cm³/mol. The molecule has 1 nitrogen and oxygen atoms in total. The highest BCUT2D eigenvalue weighted by Gasteiger charge is 2.27. The van der Waals surface area contributed by atoms with Gasteiger partial charge in [-0.2, -0.15) is 0 Å². The first kappa shape index (κ1) is 15.1. The summed E-state index contributed by atoms with van der Waals surface area (Å²) in [7, 11) is 0. The van der Waals surface area contributed by atoms with E-state index in [1.807, 2.05) is 0 Å². The monoisotopic (exact) mass is 285 g/mol. The minimum atomic E-state index is 0.570. The van der Waals surface area contributed by atoms with Gasteiger partial charge in [-0.05, 0) is 74.0 Å². The van der Waals surface area contributed by atoms with E-state index in [1.165, 1.54) is 63.5 Å². The molecule has 116 valence electrons. The highest BCUT2D eigenvalue weighted by Crippen LogP contribution is 2.42. The van der Waals surface area contributed by atoms with Gasteiger partial charge >= 0.3 is 0 Å². The van der Waals surface area contributed by atoms with Crippen LogP contribution in [0.1, 0.15) is 75.8 Å². The van der Waals surface area contributed by atoms with Crippen LogP contribution in [0, 0.1) is 5.41 Å². The summed E-state index contributed by atoms with van der Waals surface area (Å²) in [5.41, 5.74) is 3.70. The van der Waals surface area contributed by atoms with Crippen LogP contribution in [0.4, 0.5) is 0 Å². The van der Waals surface area contributed by atoms with E-state index in [0.29, 0.717) is 11.5 Å². The maximum Gasteiger partial charge on any atom is 0.0107 e. The summed E-state index contributed by atoms with van der Waals surface area (Å²) in [6, 6.07) is 10.2. The fourth-order valence-corrected chi connectivity index (χ4v) is 4.09. The summed E-state index contributed by atoms with van der Waals surface area (Å²) in [5.74, 6) is 0.803. The molecule has 1 aromatic carbocycles. The minimum Gasteiger partial charge on any atom is -0.314 e. The van der Waals surface area contributed by atoms with E-state index < -0.39 is 0 Å². The zero-order chi connectivity index (χ0) is 14.7. The number of piperidine rings is 1. The van der Waals surface area contributed by atoms with E-state index in [2.05, 4.69) is 43.4 Å². The minimum absolute atomic E-state index is 0.570. The lowest BCUT2D eigenvalue weighted by atomic mass is 9.71. The topological polar surface area (TPSA) is 12.0 Å². The maximum absolute atomic E-state index is 3.68. The molecule has 1 saturated heterocycles. The lowest BCUT2D eigenvalue weighted by Gasteiger charge is -2.34. The lowest BCUT2D eigenvalue weighted by molar-refractivity contribution is 0.224. The summed E-state index contributed by atoms with van der Waals surface area (Å²) in [6.45, 7) is 6.06. The molecule has 0 radical (unpaired) electrons. The SMILES string of the molecule is CC1(C)CCC(c2cccc(CC3CCCCN3)c2)CC1. The Labute approximate surface area is 130 Å². The predicted octanol–water partition coefficient (Wildman–Crippen LogP) is 5.06. The third-order valence-corrected chi connectivity index (χ3v) is 5.66. The molecular weight excluding hydrogens is 254 g/mol. The number of hydrogen-bond donors (Lipinski definition) is 1. The van der Waals surface area contributed by atoms with Gasteiger partial charge in [0.2, 0.25) is 0 Å². The van der Waals surface area contributed by atoms with E-state index in [0.717, 1.165) is 5.92 Å². The van der Waals surface area contributed by atoms with Gasteiger partial charge in [-0.1, -0.05) is 44.5 Å². The molecule has 2 fully saturated rings. The van der Waals surface area contributed by atoms with Gasteiger partial charge in [0.15, 0.2) is 0 Å². The first-order valence-corrected chi connectivity index (χ1v) is 8.95. The molecule has 0 bridgehead atoms. The summed E-state index contributed by atoms with van der Waals surface area (Å²) in [4.78, 5) is 0. The number of nitrogens with one attached hydrogen (secondary N) is 1. The van der Waals surface area contributed by atoms with Crippen LogP contribution in [0.3, 0.4) is 0 Å². The van der Waals surface area contributed by atoms with Crippen molar-refractivity contribution in [1.29, 1.82) is 0 Å². The number of rotatable bonds is 3. The molecule has 1 N–H and O–H groups in total. The molecule has 0 amide bonds. The first-order chi connectivity index (χ1) is 10.1. The lowest BCUT2D eigenvalue weighted by Crippen LogP contribution is -2.35. The van der Waals surface area contributed by atoms with Gasteiger partial charge in [-0.15, -0.1) is 0 Å². The normalized spacial score (nSPS) is 26.7.